The lowest BCUT2D eigenvalue weighted by Gasteiger charge is -2.25. The Balaban J connectivity index is 2.20. The fourth-order valence-corrected chi connectivity index (χ4v) is 2.39. The minimum absolute atomic E-state index is 0.293. The Kier molecular flexibility index (Phi) is 3.63. The Hall–Kier alpha value is -1.86. The highest BCUT2D eigenvalue weighted by Crippen LogP contribution is 2.25. The van der Waals surface area contributed by atoms with Crippen molar-refractivity contribution in [1.29, 1.82) is 0 Å². The number of carbonyl (C=O) groups is 1. The van der Waals surface area contributed by atoms with Crippen LogP contribution in [0.25, 0.3) is 0 Å². The zero-order chi connectivity index (χ0) is 13.0. The van der Waals surface area contributed by atoms with Crippen molar-refractivity contribution in [1.82, 2.24) is 15.2 Å². The molecule has 1 aromatic heterocycles. The van der Waals surface area contributed by atoms with Crippen LogP contribution < -0.4 is 11.5 Å². The number of hydrogen-bond donors (Lipinski definition) is 3. The first-order valence-electron chi connectivity index (χ1n) is 5.25. The summed E-state index contributed by atoms with van der Waals surface area (Å²) < 4.78 is 0. The number of aromatic nitrogens is 3. The van der Waals surface area contributed by atoms with Crippen molar-refractivity contribution in [3.8, 4) is 0 Å². The number of nitrogens with zero attached hydrogens (tertiary/aromatic N) is 2. The van der Waals surface area contributed by atoms with E-state index in [9.17, 15) is 4.79 Å². The molecule has 6 nitrogen and oxygen atoms in total. The molecule has 1 aromatic carbocycles. The van der Waals surface area contributed by atoms with Crippen LogP contribution in [-0.4, -0.2) is 26.8 Å². The number of aromatic amines is 1. The third kappa shape index (κ3) is 2.52. The van der Waals surface area contributed by atoms with Crippen LogP contribution in [0.4, 0.5) is 0 Å². The van der Waals surface area contributed by atoms with Crippen LogP contribution in [0.2, 0.25) is 0 Å². The van der Waals surface area contributed by atoms with E-state index in [1.54, 1.807) is 12.1 Å². The van der Waals surface area contributed by atoms with Gasteiger partial charge in [0.1, 0.15) is 11.9 Å². The maximum absolute atomic E-state index is 11.6. The van der Waals surface area contributed by atoms with Gasteiger partial charge in [-0.1, -0.05) is 42.1 Å². The van der Waals surface area contributed by atoms with Gasteiger partial charge in [-0.05, 0) is 5.56 Å². The second-order valence-corrected chi connectivity index (χ2v) is 4.74. The van der Waals surface area contributed by atoms with Crippen LogP contribution in [-0.2, 0) is 10.3 Å². The quantitative estimate of drug-likeness (QED) is 0.669. The van der Waals surface area contributed by atoms with E-state index >= 15 is 0 Å². The first-order chi connectivity index (χ1) is 8.63. The van der Waals surface area contributed by atoms with E-state index in [2.05, 4.69) is 15.2 Å². The van der Waals surface area contributed by atoms with Gasteiger partial charge in [0.2, 0.25) is 5.91 Å². The lowest BCUT2D eigenvalue weighted by molar-refractivity contribution is -0.122. The Morgan fingerprint density at radius 2 is 2.11 bits per heavy atom. The normalized spacial score (nSPS) is 14.1. The van der Waals surface area contributed by atoms with Crippen molar-refractivity contribution in [3.63, 3.8) is 0 Å². The second kappa shape index (κ2) is 5.19. The van der Waals surface area contributed by atoms with Gasteiger partial charge in [0.15, 0.2) is 5.16 Å². The summed E-state index contributed by atoms with van der Waals surface area (Å²) in [5.41, 5.74) is 11.0. The average molecular weight is 263 g/mol. The van der Waals surface area contributed by atoms with Gasteiger partial charge < -0.3 is 11.5 Å². The van der Waals surface area contributed by atoms with Gasteiger partial charge in [0, 0.05) is 5.75 Å². The molecule has 0 aliphatic carbocycles. The minimum Gasteiger partial charge on any atom is -0.368 e. The van der Waals surface area contributed by atoms with Crippen LogP contribution in [0.5, 0.6) is 0 Å². The van der Waals surface area contributed by atoms with E-state index in [0.29, 0.717) is 16.5 Å². The van der Waals surface area contributed by atoms with Crippen molar-refractivity contribution in [2.24, 2.45) is 11.5 Å². The molecule has 2 aromatic rings. The summed E-state index contributed by atoms with van der Waals surface area (Å²) in [5, 5.41) is 7.02. The predicted octanol–water partition coefficient (Wildman–Crippen LogP) is 0.236. The molecule has 1 unspecified atom stereocenters. The molecule has 2 rings (SSSR count). The Labute approximate surface area is 108 Å². The van der Waals surface area contributed by atoms with Gasteiger partial charge >= 0.3 is 0 Å². The van der Waals surface area contributed by atoms with Crippen LogP contribution in [0.15, 0.2) is 41.8 Å². The van der Waals surface area contributed by atoms with Crippen LogP contribution in [0.3, 0.4) is 0 Å². The third-order valence-corrected chi connectivity index (χ3v) is 3.63. The summed E-state index contributed by atoms with van der Waals surface area (Å²) in [6.07, 6.45) is 1.40. The number of rotatable bonds is 5. The van der Waals surface area contributed by atoms with Crippen molar-refractivity contribution < 1.29 is 4.79 Å². The van der Waals surface area contributed by atoms with E-state index in [4.69, 9.17) is 11.5 Å². The number of thioether (sulfide) groups is 1. The molecule has 0 radical (unpaired) electrons. The van der Waals surface area contributed by atoms with Crippen molar-refractivity contribution in [3.05, 3.63) is 42.2 Å². The maximum atomic E-state index is 11.6. The van der Waals surface area contributed by atoms with E-state index in [0.717, 1.165) is 0 Å². The fourth-order valence-electron chi connectivity index (χ4n) is 1.48. The van der Waals surface area contributed by atoms with Crippen molar-refractivity contribution in [2.45, 2.75) is 10.7 Å². The number of benzene rings is 1. The van der Waals surface area contributed by atoms with Crippen LogP contribution >= 0.6 is 11.8 Å². The smallest absolute Gasteiger partial charge is 0.243 e. The SMILES string of the molecule is NC(=O)C(N)(CSc1ncn[nH]1)c1ccccc1. The first kappa shape index (κ1) is 12.6. The monoisotopic (exact) mass is 263 g/mol. The van der Waals surface area contributed by atoms with Crippen molar-refractivity contribution >= 4 is 17.7 Å². The molecule has 0 aliphatic heterocycles. The molecule has 94 valence electrons. The number of amides is 1. The lowest BCUT2D eigenvalue weighted by atomic mass is 9.92. The minimum atomic E-state index is -1.22. The fraction of sp³-hybridized carbons (Fsp3) is 0.182. The van der Waals surface area contributed by atoms with Gasteiger partial charge in [-0.3, -0.25) is 9.89 Å². The molecular weight excluding hydrogens is 250 g/mol. The highest BCUT2D eigenvalue weighted by molar-refractivity contribution is 7.99. The van der Waals surface area contributed by atoms with Crippen molar-refractivity contribution in [2.75, 3.05) is 5.75 Å². The van der Waals surface area contributed by atoms with Gasteiger partial charge in [-0.15, -0.1) is 0 Å². The molecular formula is C11H13N5OS. The molecule has 5 N–H and O–H groups in total. The zero-order valence-electron chi connectivity index (χ0n) is 9.54. The number of nitrogens with one attached hydrogen (secondary N) is 1. The Bertz CT molecular complexity index is 515. The molecule has 7 heteroatoms. The molecule has 1 amide bonds. The van der Waals surface area contributed by atoms with E-state index < -0.39 is 11.4 Å². The topological polar surface area (TPSA) is 111 Å². The Morgan fingerprint density at radius 3 is 2.67 bits per heavy atom. The molecule has 0 saturated carbocycles. The molecule has 18 heavy (non-hydrogen) atoms. The van der Waals surface area contributed by atoms with Gasteiger partial charge in [-0.2, -0.15) is 5.10 Å². The molecule has 0 fully saturated rings. The summed E-state index contributed by atoms with van der Waals surface area (Å²) in [6.45, 7) is 0. The highest BCUT2D eigenvalue weighted by Gasteiger charge is 2.34. The standard InChI is InChI=1S/C11H13N5OS/c12-9(17)11(13,8-4-2-1-3-5-8)6-18-10-14-7-15-16-10/h1-5,7H,6,13H2,(H2,12,17)(H,14,15,16). The largest absolute Gasteiger partial charge is 0.368 e. The van der Waals surface area contributed by atoms with E-state index in [1.807, 2.05) is 18.2 Å². The van der Waals surface area contributed by atoms with Crippen LogP contribution in [0.1, 0.15) is 5.56 Å². The summed E-state index contributed by atoms with van der Waals surface area (Å²) in [7, 11) is 0. The first-order valence-corrected chi connectivity index (χ1v) is 6.24. The van der Waals surface area contributed by atoms with Gasteiger partial charge in [-0.25, -0.2) is 4.98 Å². The Morgan fingerprint density at radius 1 is 1.39 bits per heavy atom. The summed E-state index contributed by atoms with van der Waals surface area (Å²) in [5.74, 6) is -0.276. The molecule has 0 aliphatic rings. The van der Waals surface area contributed by atoms with Gasteiger partial charge in [0.05, 0.1) is 0 Å². The molecule has 0 bridgehead atoms. The number of H-pyrrole nitrogens is 1. The van der Waals surface area contributed by atoms with Gasteiger partial charge in [0.25, 0.3) is 0 Å². The molecule has 0 saturated heterocycles. The number of hydrogen-bond acceptors (Lipinski definition) is 5. The van der Waals surface area contributed by atoms with E-state index in [1.165, 1.54) is 18.1 Å². The predicted molar refractivity (Wildman–Crippen MR) is 68.6 cm³/mol. The second-order valence-electron chi connectivity index (χ2n) is 3.78. The molecule has 1 atom stereocenters. The zero-order valence-corrected chi connectivity index (χ0v) is 10.4. The number of primary amides is 1. The van der Waals surface area contributed by atoms with E-state index in [-0.39, 0.29) is 0 Å². The number of nitrogens with two attached hydrogens (primary N) is 2. The lowest BCUT2D eigenvalue weighted by Crippen LogP contribution is -2.51. The summed E-state index contributed by atoms with van der Waals surface area (Å²) in [4.78, 5) is 15.6. The molecule has 0 spiro atoms. The van der Waals surface area contributed by atoms with Crippen LogP contribution in [0, 0.1) is 0 Å². The molecule has 1 heterocycles. The highest BCUT2D eigenvalue weighted by atomic mass is 32.2. The summed E-state index contributed by atoms with van der Waals surface area (Å²) >= 11 is 1.30. The average Bonchev–Trinajstić information content (AvgIpc) is 2.90. The third-order valence-electron chi connectivity index (χ3n) is 2.56. The maximum Gasteiger partial charge on any atom is 0.243 e. The summed E-state index contributed by atoms with van der Waals surface area (Å²) in [6, 6.07) is 9.06. The number of carbonyl (C=O) groups excluding carboxylic acids is 1.